The van der Waals surface area contributed by atoms with Gasteiger partial charge in [-0.25, -0.2) is 9.87 Å². The van der Waals surface area contributed by atoms with E-state index in [9.17, 15) is 18.8 Å². The summed E-state index contributed by atoms with van der Waals surface area (Å²) < 4.78 is 20.4. The monoisotopic (exact) mass is 471 g/mol. The zero-order valence-corrected chi connectivity index (χ0v) is 19.1. The highest BCUT2D eigenvalue weighted by molar-refractivity contribution is 5.98. The molecule has 1 heterocycles. The quantitative estimate of drug-likeness (QED) is 0.358. The molecule has 1 saturated heterocycles. The summed E-state index contributed by atoms with van der Waals surface area (Å²) in [6.45, 7) is 2.19. The normalized spacial score (nSPS) is 17.0. The maximum Gasteiger partial charge on any atom is 0.278 e. The van der Waals surface area contributed by atoms with Crippen LogP contribution in [0.25, 0.3) is 0 Å². The molecule has 3 atom stereocenters. The first kappa shape index (κ1) is 25.2. The summed E-state index contributed by atoms with van der Waals surface area (Å²) in [6.07, 6.45) is 0.249. The number of ether oxygens (including phenoxy) is 1. The summed E-state index contributed by atoms with van der Waals surface area (Å²) in [7, 11) is 0. The number of para-hydroxylation sites is 1. The van der Waals surface area contributed by atoms with E-state index in [2.05, 4.69) is 5.32 Å². The van der Waals surface area contributed by atoms with Crippen LogP contribution in [0.3, 0.4) is 0 Å². The zero-order chi connectivity index (χ0) is 24.5. The molecular weight excluding hydrogens is 441 g/mol. The fourth-order valence-corrected chi connectivity index (χ4v) is 4.04. The molecule has 3 amide bonds. The van der Waals surface area contributed by atoms with Crippen molar-refractivity contribution in [1.82, 2.24) is 10.4 Å². The Morgan fingerprint density at radius 3 is 2.44 bits per heavy atom. The Hall–Kier alpha value is -3.46. The van der Waals surface area contributed by atoms with Crippen molar-refractivity contribution in [2.45, 2.75) is 51.2 Å². The molecule has 0 bridgehead atoms. The number of carbonyl (C=O) groups excluding carboxylic acids is 3. The molecule has 3 rings (SSSR count). The Balaban J connectivity index is 1.65. The van der Waals surface area contributed by atoms with Crippen molar-refractivity contribution in [2.75, 3.05) is 11.9 Å². The molecule has 0 radical (unpaired) electrons. The molecule has 1 fully saturated rings. The number of hydroxylamine groups is 1. The van der Waals surface area contributed by atoms with Gasteiger partial charge < -0.3 is 15.0 Å². The number of hydrogen-bond acceptors (Lipinski definition) is 5. The van der Waals surface area contributed by atoms with Gasteiger partial charge in [0.25, 0.3) is 5.91 Å². The molecule has 2 aromatic carbocycles. The Kier molecular flexibility index (Phi) is 8.98. The molecule has 182 valence electrons. The summed E-state index contributed by atoms with van der Waals surface area (Å²) in [5.41, 5.74) is 1.82. The highest BCUT2D eigenvalue weighted by Gasteiger charge is 2.41. The van der Waals surface area contributed by atoms with Crippen molar-refractivity contribution >= 4 is 23.4 Å². The molecule has 1 aliphatic rings. The Labute approximate surface area is 198 Å². The molecule has 1 aliphatic heterocycles. The summed E-state index contributed by atoms with van der Waals surface area (Å²) in [5.74, 6) is -2.18. The van der Waals surface area contributed by atoms with Gasteiger partial charge in [0.05, 0.1) is 5.92 Å². The lowest BCUT2D eigenvalue weighted by Crippen LogP contribution is -2.49. The number of carbonyl (C=O) groups is 3. The van der Waals surface area contributed by atoms with E-state index in [1.165, 1.54) is 10.4 Å². The van der Waals surface area contributed by atoms with Crippen molar-refractivity contribution in [3.05, 3.63) is 54.6 Å². The van der Waals surface area contributed by atoms with Gasteiger partial charge in [0.15, 0.2) is 6.17 Å². The first-order valence-corrected chi connectivity index (χ1v) is 11.5. The van der Waals surface area contributed by atoms with E-state index < -0.39 is 29.9 Å². The lowest BCUT2D eigenvalue weighted by atomic mass is 9.94. The molecule has 0 aromatic heterocycles. The smallest absolute Gasteiger partial charge is 0.278 e. The molecule has 8 nitrogen and oxygen atoms in total. The van der Waals surface area contributed by atoms with Gasteiger partial charge in [-0.1, -0.05) is 38.0 Å². The van der Waals surface area contributed by atoms with Crippen LogP contribution in [-0.2, 0) is 14.4 Å². The number of hydrogen-bond donors (Lipinski definition) is 3. The Bertz CT molecular complexity index is 970. The van der Waals surface area contributed by atoms with Crippen molar-refractivity contribution in [1.29, 1.82) is 0 Å². The SMILES string of the molecule is CCCC[C@@H](C(=O)N1CCCC1C(=O)Nc1ccc(Oc2ccccc2)cc1)[C@@H](F)C(=O)NO. The molecule has 3 N–H and O–H groups in total. The van der Waals surface area contributed by atoms with Crippen LogP contribution >= 0.6 is 0 Å². The average Bonchev–Trinajstić information content (AvgIpc) is 3.35. The van der Waals surface area contributed by atoms with Crippen LogP contribution < -0.4 is 15.5 Å². The molecule has 0 saturated carbocycles. The Morgan fingerprint density at radius 1 is 1.12 bits per heavy atom. The van der Waals surface area contributed by atoms with E-state index in [0.29, 0.717) is 49.4 Å². The topological polar surface area (TPSA) is 108 Å². The van der Waals surface area contributed by atoms with Gasteiger partial charge in [-0.15, -0.1) is 0 Å². The van der Waals surface area contributed by atoms with Gasteiger partial charge >= 0.3 is 0 Å². The van der Waals surface area contributed by atoms with E-state index in [-0.39, 0.29) is 12.3 Å². The minimum atomic E-state index is -2.19. The van der Waals surface area contributed by atoms with Gasteiger partial charge in [0.2, 0.25) is 11.8 Å². The minimum absolute atomic E-state index is 0.150. The standard InChI is InChI=1S/C25H30FN3O5/c1-2-3-10-20(22(26)24(31)28-33)25(32)29-16-7-11-21(29)23(30)27-17-12-14-19(15-13-17)34-18-8-5-4-6-9-18/h4-6,8-9,12-15,20-22,33H,2-3,7,10-11,16H2,1H3,(H,27,30)(H,28,31)/t20-,21?,22-/m1/s1. The summed E-state index contributed by atoms with van der Waals surface area (Å²) in [4.78, 5) is 39.1. The molecule has 2 aromatic rings. The third kappa shape index (κ3) is 6.32. The molecule has 9 heteroatoms. The minimum Gasteiger partial charge on any atom is -0.457 e. The first-order chi connectivity index (χ1) is 16.4. The summed E-state index contributed by atoms with van der Waals surface area (Å²) >= 11 is 0. The van der Waals surface area contributed by atoms with Crippen molar-refractivity contribution < 1.29 is 28.7 Å². The van der Waals surface area contributed by atoms with Crippen LogP contribution in [0.15, 0.2) is 54.6 Å². The molecule has 0 spiro atoms. The van der Waals surface area contributed by atoms with Crippen LogP contribution in [0.4, 0.5) is 10.1 Å². The van der Waals surface area contributed by atoms with E-state index in [4.69, 9.17) is 9.94 Å². The number of unbranched alkanes of at least 4 members (excludes halogenated alkanes) is 1. The van der Waals surface area contributed by atoms with Gasteiger partial charge in [-0.2, -0.15) is 0 Å². The number of rotatable bonds is 10. The first-order valence-electron chi connectivity index (χ1n) is 11.5. The van der Waals surface area contributed by atoms with Gasteiger partial charge in [-0.05, 0) is 55.7 Å². The number of benzene rings is 2. The largest absolute Gasteiger partial charge is 0.457 e. The van der Waals surface area contributed by atoms with Crippen LogP contribution in [0, 0.1) is 5.92 Å². The molecule has 34 heavy (non-hydrogen) atoms. The summed E-state index contributed by atoms with van der Waals surface area (Å²) in [6, 6.07) is 15.4. The van der Waals surface area contributed by atoms with E-state index in [1.54, 1.807) is 24.3 Å². The lowest BCUT2D eigenvalue weighted by Gasteiger charge is -2.29. The molecule has 0 aliphatic carbocycles. The number of anilines is 1. The number of nitrogens with zero attached hydrogens (tertiary/aromatic N) is 1. The maximum atomic E-state index is 14.6. The fraction of sp³-hybridized carbons (Fsp3) is 0.400. The predicted molar refractivity (Wildman–Crippen MR) is 124 cm³/mol. The van der Waals surface area contributed by atoms with Crippen molar-refractivity contribution in [2.24, 2.45) is 5.92 Å². The van der Waals surface area contributed by atoms with Gasteiger partial charge in [-0.3, -0.25) is 19.6 Å². The van der Waals surface area contributed by atoms with Gasteiger partial charge in [0, 0.05) is 12.2 Å². The van der Waals surface area contributed by atoms with E-state index in [0.717, 1.165) is 0 Å². The number of nitrogens with one attached hydrogen (secondary N) is 2. The summed E-state index contributed by atoms with van der Waals surface area (Å²) in [5, 5.41) is 11.6. The number of halogens is 1. The second-order valence-corrected chi connectivity index (χ2v) is 8.24. The van der Waals surface area contributed by atoms with Crippen molar-refractivity contribution in [3.63, 3.8) is 0 Å². The fourth-order valence-electron chi connectivity index (χ4n) is 4.04. The highest BCUT2D eigenvalue weighted by atomic mass is 19.1. The van der Waals surface area contributed by atoms with Crippen LogP contribution in [0.5, 0.6) is 11.5 Å². The van der Waals surface area contributed by atoms with Crippen LogP contribution in [0.2, 0.25) is 0 Å². The van der Waals surface area contributed by atoms with Crippen molar-refractivity contribution in [3.8, 4) is 11.5 Å². The van der Waals surface area contributed by atoms with Crippen LogP contribution in [-0.4, -0.2) is 46.6 Å². The maximum absolute atomic E-state index is 14.6. The lowest BCUT2D eigenvalue weighted by molar-refractivity contribution is -0.148. The third-order valence-corrected chi connectivity index (χ3v) is 5.84. The third-order valence-electron chi connectivity index (χ3n) is 5.84. The molecular formula is C25H30FN3O5. The zero-order valence-electron chi connectivity index (χ0n) is 19.1. The van der Waals surface area contributed by atoms with Gasteiger partial charge in [0.1, 0.15) is 17.5 Å². The van der Waals surface area contributed by atoms with E-state index in [1.807, 2.05) is 37.3 Å². The van der Waals surface area contributed by atoms with E-state index >= 15 is 0 Å². The number of likely N-dealkylation sites (tertiary alicyclic amines) is 1. The van der Waals surface area contributed by atoms with Crippen LogP contribution in [0.1, 0.15) is 39.0 Å². The predicted octanol–water partition coefficient (Wildman–Crippen LogP) is 4.06. The Morgan fingerprint density at radius 2 is 1.79 bits per heavy atom. The highest BCUT2D eigenvalue weighted by Crippen LogP contribution is 2.27. The second kappa shape index (κ2) is 12.1. The number of amides is 3. The second-order valence-electron chi connectivity index (χ2n) is 8.24. The molecule has 1 unspecified atom stereocenters. The average molecular weight is 472 g/mol. The number of alkyl halides is 1.